The van der Waals surface area contributed by atoms with Crippen LogP contribution in [-0.4, -0.2) is 4.98 Å². The molecule has 0 aliphatic carbocycles. The van der Waals surface area contributed by atoms with Gasteiger partial charge in [0.05, 0.1) is 5.56 Å². The maximum atomic E-state index is 12.8. The van der Waals surface area contributed by atoms with E-state index in [-0.39, 0.29) is 12.1 Å². The maximum absolute atomic E-state index is 12.8. The van der Waals surface area contributed by atoms with Crippen LogP contribution in [0.4, 0.5) is 13.2 Å². The molecule has 0 atom stereocenters. The first kappa shape index (κ1) is 14.5. The van der Waals surface area contributed by atoms with Crippen molar-refractivity contribution < 1.29 is 13.2 Å². The predicted molar refractivity (Wildman–Crippen MR) is 71.0 cm³/mol. The standard InChI is InChI=1S/C15H15F3N2/c1-11-6-7-19-9-13(11)10-20-8-12-4-2-3-5-14(12)15(16,17)18/h2-7,9,20H,8,10H2,1H3. The van der Waals surface area contributed by atoms with Gasteiger partial charge in [-0.25, -0.2) is 0 Å². The molecule has 20 heavy (non-hydrogen) atoms. The highest BCUT2D eigenvalue weighted by Gasteiger charge is 2.32. The molecule has 0 saturated carbocycles. The number of benzene rings is 1. The van der Waals surface area contributed by atoms with Gasteiger partial charge in [0, 0.05) is 25.5 Å². The molecule has 0 aliphatic heterocycles. The van der Waals surface area contributed by atoms with E-state index < -0.39 is 11.7 Å². The SMILES string of the molecule is Cc1ccncc1CNCc1ccccc1C(F)(F)F. The smallest absolute Gasteiger partial charge is 0.309 e. The van der Waals surface area contributed by atoms with E-state index in [1.807, 2.05) is 13.0 Å². The van der Waals surface area contributed by atoms with E-state index in [2.05, 4.69) is 10.3 Å². The lowest BCUT2D eigenvalue weighted by molar-refractivity contribution is -0.138. The number of nitrogens with zero attached hydrogens (tertiary/aromatic N) is 1. The van der Waals surface area contributed by atoms with Gasteiger partial charge in [0.15, 0.2) is 0 Å². The first-order valence-corrected chi connectivity index (χ1v) is 6.24. The van der Waals surface area contributed by atoms with Crippen molar-refractivity contribution in [3.8, 4) is 0 Å². The fourth-order valence-corrected chi connectivity index (χ4v) is 1.96. The Morgan fingerprint density at radius 3 is 2.45 bits per heavy atom. The molecule has 2 rings (SSSR count). The zero-order chi connectivity index (χ0) is 14.6. The van der Waals surface area contributed by atoms with E-state index in [1.54, 1.807) is 18.5 Å². The molecule has 1 heterocycles. The van der Waals surface area contributed by atoms with Gasteiger partial charge in [-0.15, -0.1) is 0 Å². The van der Waals surface area contributed by atoms with Crippen LogP contribution >= 0.6 is 0 Å². The molecule has 0 saturated heterocycles. The quantitative estimate of drug-likeness (QED) is 0.923. The molecular formula is C15H15F3N2. The van der Waals surface area contributed by atoms with Gasteiger partial charge in [0.25, 0.3) is 0 Å². The summed E-state index contributed by atoms with van der Waals surface area (Å²) in [6.45, 7) is 2.61. The molecule has 2 nitrogen and oxygen atoms in total. The highest BCUT2D eigenvalue weighted by atomic mass is 19.4. The first-order valence-electron chi connectivity index (χ1n) is 6.24. The maximum Gasteiger partial charge on any atom is 0.416 e. The normalized spacial score (nSPS) is 11.6. The van der Waals surface area contributed by atoms with Gasteiger partial charge in [-0.05, 0) is 35.7 Å². The van der Waals surface area contributed by atoms with Crippen LogP contribution in [-0.2, 0) is 19.3 Å². The number of aryl methyl sites for hydroxylation is 1. The lowest BCUT2D eigenvalue weighted by atomic mass is 10.1. The van der Waals surface area contributed by atoms with Crippen molar-refractivity contribution in [3.05, 3.63) is 65.0 Å². The Kier molecular flexibility index (Phi) is 4.39. The lowest BCUT2D eigenvalue weighted by Crippen LogP contribution is -2.17. The fraction of sp³-hybridized carbons (Fsp3) is 0.267. The molecular weight excluding hydrogens is 265 g/mol. The van der Waals surface area contributed by atoms with Gasteiger partial charge in [-0.2, -0.15) is 13.2 Å². The van der Waals surface area contributed by atoms with Crippen LogP contribution in [0.25, 0.3) is 0 Å². The molecule has 0 radical (unpaired) electrons. The van der Waals surface area contributed by atoms with Crippen LogP contribution in [0.3, 0.4) is 0 Å². The van der Waals surface area contributed by atoms with E-state index in [4.69, 9.17) is 0 Å². The Hall–Kier alpha value is -1.88. The molecule has 0 amide bonds. The second-order valence-electron chi connectivity index (χ2n) is 4.56. The minimum Gasteiger partial charge on any atom is -0.309 e. The van der Waals surface area contributed by atoms with Crippen molar-refractivity contribution in [1.82, 2.24) is 10.3 Å². The fourth-order valence-electron chi connectivity index (χ4n) is 1.96. The van der Waals surface area contributed by atoms with Gasteiger partial charge in [-0.3, -0.25) is 4.98 Å². The number of alkyl halides is 3. The molecule has 0 unspecified atom stereocenters. The van der Waals surface area contributed by atoms with E-state index in [9.17, 15) is 13.2 Å². The summed E-state index contributed by atoms with van der Waals surface area (Å²) in [6.07, 6.45) is -0.904. The van der Waals surface area contributed by atoms with Crippen LogP contribution in [0.5, 0.6) is 0 Å². The minimum atomic E-state index is -4.32. The number of aromatic nitrogens is 1. The van der Waals surface area contributed by atoms with Crippen molar-refractivity contribution in [2.24, 2.45) is 0 Å². The van der Waals surface area contributed by atoms with Gasteiger partial charge >= 0.3 is 6.18 Å². The average Bonchev–Trinajstić information content (AvgIpc) is 2.40. The summed E-state index contributed by atoms with van der Waals surface area (Å²) in [5, 5.41) is 3.03. The predicted octanol–water partition coefficient (Wildman–Crippen LogP) is 3.70. The van der Waals surface area contributed by atoms with Crippen molar-refractivity contribution in [1.29, 1.82) is 0 Å². The van der Waals surface area contributed by atoms with Crippen molar-refractivity contribution in [3.63, 3.8) is 0 Å². The summed E-state index contributed by atoms with van der Waals surface area (Å²) in [5.41, 5.74) is 1.71. The second-order valence-corrected chi connectivity index (χ2v) is 4.56. The van der Waals surface area contributed by atoms with E-state index >= 15 is 0 Å². The summed E-state index contributed by atoms with van der Waals surface area (Å²) in [7, 11) is 0. The molecule has 106 valence electrons. The topological polar surface area (TPSA) is 24.9 Å². The van der Waals surface area contributed by atoms with E-state index in [0.717, 1.165) is 17.2 Å². The highest BCUT2D eigenvalue weighted by Crippen LogP contribution is 2.31. The number of pyridine rings is 1. The monoisotopic (exact) mass is 280 g/mol. The average molecular weight is 280 g/mol. The van der Waals surface area contributed by atoms with Gasteiger partial charge < -0.3 is 5.32 Å². The van der Waals surface area contributed by atoms with Crippen LogP contribution in [0.1, 0.15) is 22.3 Å². The number of halogens is 3. The van der Waals surface area contributed by atoms with Crippen LogP contribution < -0.4 is 5.32 Å². The van der Waals surface area contributed by atoms with Crippen molar-refractivity contribution in [2.45, 2.75) is 26.2 Å². The Morgan fingerprint density at radius 2 is 1.75 bits per heavy atom. The molecule has 5 heteroatoms. The molecule has 0 bridgehead atoms. The number of rotatable bonds is 4. The minimum absolute atomic E-state index is 0.171. The van der Waals surface area contributed by atoms with E-state index in [1.165, 1.54) is 12.1 Å². The zero-order valence-electron chi connectivity index (χ0n) is 11.0. The number of nitrogens with one attached hydrogen (secondary N) is 1. The summed E-state index contributed by atoms with van der Waals surface area (Å²) in [6, 6.07) is 7.48. The van der Waals surface area contributed by atoms with Gasteiger partial charge in [-0.1, -0.05) is 18.2 Å². The lowest BCUT2D eigenvalue weighted by Gasteiger charge is -2.13. The molecule has 1 aromatic carbocycles. The molecule has 0 spiro atoms. The highest BCUT2D eigenvalue weighted by molar-refractivity contribution is 5.29. The Bertz CT molecular complexity index is 579. The molecule has 0 fully saturated rings. The molecule has 2 aromatic rings. The third-order valence-corrected chi connectivity index (χ3v) is 3.10. The summed E-state index contributed by atoms with van der Waals surface area (Å²) in [4.78, 5) is 4.01. The van der Waals surface area contributed by atoms with Crippen LogP contribution in [0, 0.1) is 6.92 Å². The van der Waals surface area contributed by atoms with Crippen molar-refractivity contribution in [2.75, 3.05) is 0 Å². The second kappa shape index (κ2) is 6.05. The third kappa shape index (κ3) is 3.57. The first-order chi connectivity index (χ1) is 9.48. The van der Waals surface area contributed by atoms with Crippen LogP contribution in [0.15, 0.2) is 42.7 Å². The van der Waals surface area contributed by atoms with Crippen molar-refractivity contribution >= 4 is 0 Å². The number of hydrogen-bond acceptors (Lipinski definition) is 2. The Balaban J connectivity index is 2.04. The molecule has 0 aliphatic rings. The zero-order valence-corrected chi connectivity index (χ0v) is 11.0. The number of hydrogen-bond donors (Lipinski definition) is 1. The van der Waals surface area contributed by atoms with E-state index in [0.29, 0.717) is 6.54 Å². The largest absolute Gasteiger partial charge is 0.416 e. The van der Waals surface area contributed by atoms with Gasteiger partial charge in [0.1, 0.15) is 0 Å². The van der Waals surface area contributed by atoms with Crippen LogP contribution in [0.2, 0.25) is 0 Å². The molecule has 1 aromatic heterocycles. The third-order valence-electron chi connectivity index (χ3n) is 3.10. The van der Waals surface area contributed by atoms with Gasteiger partial charge in [0.2, 0.25) is 0 Å². The summed E-state index contributed by atoms with van der Waals surface area (Å²) >= 11 is 0. The Labute approximate surface area is 115 Å². The summed E-state index contributed by atoms with van der Waals surface area (Å²) in [5.74, 6) is 0. The molecule has 1 N–H and O–H groups in total. The Morgan fingerprint density at radius 1 is 1.05 bits per heavy atom. The summed E-state index contributed by atoms with van der Waals surface area (Å²) < 4.78 is 38.5.